The minimum absolute atomic E-state index is 0.306. The molecule has 0 aliphatic heterocycles. The van der Waals surface area contributed by atoms with Gasteiger partial charge >= 0.3 is 0 Å². The summed E-state index contributed by atoms with van der Waals surface area (Å²) in [7, 11) is 0. The van der Waals surface area contributed by atoms with Crippen LogP contribution in [0, 0.1) is 0 Å². The Labute approximate surface area is 171 Å². The lowest BCUT2D eigenvalue weighted by Crippen LogP contribution is -1.83. The largest absolute Gasteiger partial charge is 0.396 e. The van der Waals surface area contributed by atoms with Gasteiger partial charge in [-0.2, -0.15) is 25.3 Å². The Morgan fingerprint density at radius 1 is 0.440 bits per heavy atom. The quantitative estimate of drug-likeness (QED) is 0.151. The summed E-state index contributed by atoms with van der Waals surface area (Å²) in [5.41, 5.74) is 0. The van der Waals surface area contributed by atoms with Gasteiger partial charge in [0.2, 0.25) is 0 Å². The lowest BCUT2D eigenvalue weighted by Gasteiger charge is -2.03. The molecule has 0 aromatic rings. The van der Waals surface area contributed by atoms with Crippen molar-refractivity contribution in [1.82, 2.24) is 0 Å². The van der Waals surface area contributed by atoms with E-state index in [0.29, 0.717) is 6.61 Å². The summed E-state index contributed by atoms with van der Waals surface area (Å²) < 4.78 is 0. The summed E-state index contributed by atoms with van der Waals surface area (Å²) in [5.74, 6) is 1.96. The molecule has 0 aliphatic carbocycles. The third-order valence-electron chi connectivity index (χ3n) is 4.58. The number of thiol groups is 2. The molecular weight excluding hydrogens is 344 g/mol. The highest BCUT2D eigenvalue weighted by Crippen LogP contribution is 2.13. The standard InChI is InChI=1S/C18H38S.C4H10OS/c1-2-3-4-5-6-7-8-9-10-11-12-13-14-15-16-17-18-19;5-3-1-2-4-6/h19H,2-18H2,1H3;5-6H,1-4H2. The van der Waals surface area contributed by atoms with Crippen LogP contribution in [0.1, 0.15) is 122 Å². The van der Waals surface area contributed by atoms with Gasteiger partial charge in [-0.05, 0) is 30.8 Å². The van der Waals surface area contributed by atoms with E-state index in [2.05, 4.69) is 32.2 Å². The van der Waals surface area contributed by atoms with Gasteiger partial charge in [0.05, 0.1) is 0 Å². The zero-order valence-electron chi connectivity index (χ0n) is 17.2. The monoisotopic (exact) mass is 392 g/mol. The molecular formula is C22H48OS2. The predicted octanol–water partition coefficient (Wildman–Crippen LogP) is 7.87. The molecule has 0 spiro atoms. The predicted molar refractivity (Wildman–Crippen MR) is 124 cm³/mol. The van der Waals surface area contributed by atoms with Crippen molar-refractivity contribution < 1.29 is 5.11 Å². The molecule has 0 rings (SSSR count). The second-order valence-electron chi connectivity index (χ2n) is 7.18. The van der Waals surface area contributed by atoms with Crippen molar-refractivity contribution in [2.75, 3.05) is 18.1 Å². The molecule has 0 atom stereocenters. The summed E-state index contributed by atoms with van der Waals surface area (Å²) in [6, 6.07) is 0. The molecule has 0 bridgehead atoms. The van der Waals surface area contributed by atoms with Crippen molar-refractivity contribution >= 4 is 25.3 Å². The lowest BCUT2D eigenvalue weighted by atomic mass is 10.0. The van der Waals surface area contributed by atoms with Crippen LogP contribution >= 0.6 is 25.3 Å². The summed E-state index contributed by atoms with van der Waals surface area (Å²) in [5, 5.41) is 8.16. The van der Waals surface area contributed by atoms with Gasteiger partial charge in [0.1, 0.15) is 0 Å². The maximum Gasteiger partial charge on any atom is 0.0431 e. The number of unbranched alkanes of at least 4 members (excludes halogenated alkanes) is 16. The fourth-order valence-electron chi connectivity index (χ4n) is 2.88. The summed E-state index contributed by atoms with van der Waals surface area (Å²) in [6.07, 6.45) is 25.0. The van der Waals surface area contributed by atoms with E-state index in [9.17, 15) is 0 Å². The van der Waals surface area contributed by atoms with Gasteiger partial charge in [0, 0.05) is 6.61 Å². The van der Waals surface area contributed by atoms with Crippen LogP contribution in [0.25, 0.3) is 0 Å². The molecule has 0 unspecified atom stereocenters. The molecule has 0 saturated heterocycles. The van der Waals surface area contributed by atoms with Crippen LogP contribution in [0.2, 0.25) is 0 Å². The van der Waals surface area contributed by atoms with Gasteiger partial charge in [-0.3, -0.25) is 0 Å². The highest BCUT2D eigenvalue weighted by atomic mass is 32.1. The minimum Gasteiger partial charge on any atom is -0.396 e. The Balaban J connectivity index is 0. The smallest absolute Gasteiger partial charge is 0.0431 e. The average Bonchev–Trinajstić information content (AvgIpc) is 2.64. The van der Waals surface area contributed by atoms with Gasteiger partial charge in [0.15, 0.2) is 0 Å². The normalized spacial score (nSPS) is 10.6. The molecule has 0 aromatic carbocycles. The van der Waals surface area contributed by atoms with Crippen LogP contribution in [-0.2, 0) is 0 Å². The highest BCUT2D eigenvalue weighted by molar-refractivity contribution is 7.80. The molecule has 1 N–H and O–H groups in total. The summed E-state index contributed by atoms with van der Waals surface area (Å²) in [6.45, 7) is 2.60. The van der Waals surface area contributed by atoms with Crippen LogP contribution in [0.4, 0.5) is 0 Å². The van der Waals surface area contributed by atoms with Gasteiger partial charge < -0.3 is 5.11 Å². The van der Waals surface area contributed by atoms with Crippen molar-refractivity contribution in [3.8, 4) is 0 Å². The van der Waals surface area contributed by atoms with E-state index in [1.165, 1.54) is 103 Å². The van der Waals surface area contributed by atoms with Crippen LogP contribution < -0.4 is 0 Å². The number of aliphatic hydroxyl groups is 1. The summed E-state index contributed by atoms with van der Waals surface area (Å²) >= 11 is 8.19. The molecule has 1 nitrogen and oxygen atoms in total. The Morgan fingerprint density at radius 2 is 0.720 bits per heavy atom. The van der Waals surface area contributed by atoms with E-state index in [1.54, 1.807) is 0 Å². The Morgan fingerprint density at radius 3 is 0.960 bits per heavy atom. The fraction of sp³-hybridized carbons (Fsp3) is 1.00. The third kappa shape index (κ3) is 32.8. The van der Waals surface area contributed by atoms with Crippen LogP contribution in [0.5, 0.6) is 0 Å². The van der Waals surface area contributed by atoms with Crippen molar-refractivity contribution in [2.45, 2.75) is 122 Å². The van der Waals surface area contributed by atoms with E-state index < -0.39 is 0 Å². The Bertz CT molecular complexity index is 180. The van der Waals surface area contributed by atoms with Gasteiger partial charge in [-0.15, -0.1) is 0 Å². The van der Waals surface area contributed by atoms with Crippen LogP contribution in [0.3, 0.4) is 0 Å². The van der Waals surface area contributed by atoms with Crippen molar-refractivity contribution in [3.05, 3.63) is 0 Å². The zero-order chi connectivity index (χ0) is 18.8. The second-order valence-corrected chi connectivity index (χ2v) is 8.08. The molecule has 0 amide bonds. The van der Waals surface area contributed by atoms with Gasteiger partial charge in [-0.1, -0.05) is 103 Å². The first kappa shape index (κ1) is 27.9. The van der Waals surface area contributed by atoms with E-state index >= 15 is 0 Å². The molecule has 154 valence electrons. The third-order valence-corrected chi connectivity index (χ3v) is 5.21. The van der Waals surface area contributed by atoms with E-state index in [1.807, 2.05) is 0 Å². The van der Waals surface area contributed by atoms with Crippen molar-refractivity contribution in [1.29, 1.82) is 0 Å². The summed E-state index contributed by atoms with van der Waals surface area (Å²) in [4.78, 5) is 0. The average molecular weight is 393 g/mol. The topological polar surface area (TPSA) is 20.2 Å². The Hall–Kier alpha value is 0.660. The first-order valence-corrected chi connectivity index (χ1v) is 12.4. The van der Waals surface area contributed by atoms with E-state index in [-0.39, 0.29) is 0 Å². The second kappa shape index (κ2) is 29.4. The number of hydrogen-bond acceptors (Lipinski definition) is 3. The zero-order valence-corrected chi connectivity index (χ0v) is 19.0. The fourth-order valence-corrected chi connectivity index (χ4v) is 3.33. The molecule has 0 heterocycles. The molecule has 0 saturated carbocycles. The first-order valence-electron chi connectivity index (χ1n) is 11.2. The van der Waals surface area contributed by atoms with Crippen molar-refractivity contribution in [3.63, 3.8) is 0 Å². The minimum atomic E-state index is 0.306. The van der Waals surface area contributed by atoms with E-state index in [4.69, 9.17) is 5.11 Å². The number of hydrogen-bond donors (Lipinski definition) is 3. The van der Waals surface area contributed by atoms with Gasteiger partial charge in [-0.25, -0.2) is 0 Å². The highest BCUT2D eigenvalue weighted by Gasteiger charge is 1.94. The molecule has 0 aromatic heterocycles. The molecule has 0 fully saturated rings. The molecule has 25 heavy (non-hydrogen) atoms. The molecule has 0 radical (unpaired) electrons. The van der Waals surface area contributed by atoms with Crippen LogP contribution in [-0.4, -0.2) is 23.2 Å². The molecule has 0 aliphatic rings. The first-order chi connectivity index (χ1) is 12.3. The van der Waals surface area contributed by atoms with Crippen LogP contribution in [0.15, 0.2) is 0 Å². The lowest BCUT2D eigenvalue weighted by molar-refractivity contribution is 0.287. The SMILES string of the molecule is CCCCCCCCCCCCCCCCCCS.OCCCCS. The van der Waals surface area contributed by atoms with Gasteiger partial charge in [0.25, 0.3) is 0 Å². The maximum atomic E-state index is 8.16. The number of aliphatic hydroxyl groups excluding tert-OH is 1. The molecule has 3 heteroatoms. The number of rotatable bonds is 19. The maximum absolute atomic E-state index is 8.16. The Kier molecular flexibility index (Phi) is 32.8. The van der Waals surface area contributed by atoms with E-state index in [0.717, 1.165) is 24.3 Å². The van der Waals surface area contributed by atoms with Crippen molar-refractivity contribution in [2.24, 2.45) is 0 Å².